The highest BCUT2D eigenvalue weighted by Gasteiger charge is 2.19. The summed E-state index contributed by atoms with van der Waals surface area (Å²) in [7, 11) is 0. The minimum atomic E-state index is -0.783. The lowest BCUT2D eigenvalue weighted by atomic mass is 10.1. The van der Waals surface area contributed by atoms with Crippen LogP contribution in [0.5, 0.6) is 0 Å². The summed E-state index contributed by atoms with van der Waals surface area (Å²) in [6.07, 6.45) is 58.0. The van der Waals surface area contributed by atoms with Crippen molar-refractivity contribution in [3.63, 3.8) is 0 Å². The number of carbonyl (C=O) groups excluding carboxylic acids is 3. The molecule has 0 aliphatic carbocycles. The number of esters is 3. The third kappa shape index (κ3) is 46.4. The number of allylic oxidation sites excluding steroid dienone is 8. The number of unbranched alkanes of at least 4 members (excludes halogenated alkanes) is 27. The van der Waals surface area contributed by atoms with E-state index in [1.807, 2.05) is 0 Å². The molecule has 0 aromatic heterocycles. The summed E-state index contributed by atoms with van der Waals surface area (Å²) in [5.74, 6) is -0.908. The van der Waals surface area contributed by atoms with Gasteiger partial charge >= 0.3 is 17.9 Å². The Bertz CT molecular complexity index is 1060. The highest BCUT2D eigenvalue weighted by molar-refractivity contribution is 5.71. The second kappa shape index (κ2) is 49.0. The van der Waals surface area contributed by atoms with Gasteiger partial charge in [-0.05, 0) is 83.5 Å². The Morgan fingerprint density at radius 3 is 0.983 bits per heavy atom. The van der Waals surface area contributed by atoms with Gasteiger partial charge in [-0.1, -0.05) is 204 Å². The minimum absolute atomic E-state index is 0.0817. The van der Waals surface area contributed by atoms with Crippen molar-refractivity contribution in [1.29, 1.82) is 0 Å². The van der Waals surface area contributed by atoms with Crippen LogP contribution in [0.3, 0.4) is 0 Å². The van der Waals surface area contributed by atoms with E-state index in [0.717, 1.165) is 96.3 Å². The van der Waals surface area contributed by atoms with Gasteiger partial charge < -0.3 is 14.2 Å². The molecular formula is C54H96O6. The average molecular weight is 841 g/mol. The average Bonchev–Trinajstić information content (AvgIpc) is 3.24. The van der Waals surface area contributed by atoms with Crippen LogP contribution >= 0.6 is 0 Å². The predicted molar refractivity (Wildman–Crippen MR) is 256 cm³/mol. The lowest BCUT2D eigenvalue weighted by molar-refractivity contribution is -0.167. The number of hydrogen-bond acceptors (Lipinski definition) is 6. The summed E-state index contributed by atoms with van der Waals surface area (Å²) in [5, 5.41) is 0. The molecule has 0 fully saturated rings. The first-order valence-electron chi connectivity index (χ1n) is 25.6. The third-order valence-electron chi connectivity index (χ3n) is 11.1. The maximum atomic E-state index is 12.8. The Morgan fingerprint density at radius 1 is 0.333 bits per heavy atom. The molecule has 0 amide bonds. The maximum Gasteiger partial charge on any atom is 0.306 e. The van der Waals surface area contributed by atoms with E-state index in [1.165, 1.54) is 122 Å². The minimum Gasteiger partial charge on any atom is -0.462 e. The van der Waals surface area contributed by atoms with Crippen molar-refractivity contribution in [3.8, 4) is 0 Å². The van der Waals surface area contributed by atoms with Crippen molar-refractivity contribution in [3.05, 3.63) is 48.6 Å². The number of rotatable bonds is 46. The van der Waals surface area contributed by atoms with E-state index in [4.69, 9.17) is 14.2 Å². The molecule has 0 aliphatic rings. The highest BCUT2D eigenvalue weighted by atomic mass is 16.6. The van der Waals surface area contributed by atoms with Gasteiger partial charge in [-0.25, -0.2) is 0 Å². The summed E-state index contributed by atoms with van der Waals surface area (Å²) in [6, 6.07) is 0. The Morgan fingerprint density at radius 2 is 0.600 bits per heavy atom. The van der Waals surface area contributed by atoms with Crippen LogP contribution in [0.15, 0.2) is 48.6 Å². The van der Waals surface area contributed by atoms with Gasteiger partial charge in [-0.3, -0.25) is 14.4 Å². The van der Waals surface area contributed by atoms with Gasteiger partial charge in [0.2, 0.25) is 0 Å². The summed E-state index contributed by atoms with van der Waals surface area (Å²) < 4.78 is 16.8. The molecule has 0 spiro atoms. The van der Waals surface area contributed by atoms with E-state index in [2.05, 4.69) is 69.4 Å². The monoisotopic (exact) mass is 841 g/mol. The molecule has 0 N–H and O–H groups in total. The first-order valence-corrected chi connectivity index (χ1v) is 25.6. The van der Waals surface area contributed by atoms with Crippen LogP contribution in [-0.2, 0) is 28.6 Å². The summed E-state index contributed by atoms with van der Waals surface area (Å²) in [4.78, 5) is 37.9. The molecule has 0 heterocycles. The Balaban J connectivity index is 4.40. The molecule has 0 aliphatic heterocycles. The van der Waals surface area contributed by atoms with Crippen LogP contribution in [0.4, 0.5) is 0 Å². The molecule has 348 valence electrons. The van der Waals surface area contributed by atoms with Gasteiger partial charge in [0.15, 0.2) is 6.10 Å². The molecule has 0 bridgehead atoms. The van der Waals surface area contributed by atoms with Gasteiger partial charge in [-0.15, -0.1) is 0 Å². The van der Waals surface area contributed by atoms with Crippen molar-refractivity contribution in [2.45, 2.75) is 264 Å². The fourth-order valence-corrected chi connectivity index (χ4v) is 7.15. The van der Waals surface area contributed by atoms with Crippen LogP contribution in [0, 0.1) is 0 Å². The fourth-order valence-electron chi connectivity index (χ4n) is 7.15. The first kappa shape index (κ1) is 57.4. The molecule has 0 saturated heterocycles. The maximum absolute atomic E-state index is 12.8. The second-order valence-corrected chi connectivity index (χ2v) is 17.1. The van der Waals surface area contributed by atoms with E-state index in [1.54, 1.807) is 0 Å². The van der Waals surface area contributed by atoms with Crippen LogP contribution in [0.2, 0.25) is 0 Å². The SMILES string of the molecule is CCCCC/C=C\C/C=C\C/C=C\CCCCCCC(=O)OC[C@@H](COC(=O)CCCCCCCCCCCCC)OC(=O)CCCCCCC/C=C\CCCCCCC. The largest absolute Gasteiger partial charge is 0.462 e. The zero-order valence-corrected chi connectivity index (χ0v) is 39.7. The zero-order valence-electron chi connectivity index (χ0n) is 39.7. The lowest BCUT2D eigenvalue weighted by Gasteiger charge is -2.18. The summed E-state index contributed by atoms with van der Waals surface area (Å²) in [5.41, 5.74) is 0. The fraction of sp³-hybridized carbons (Fsp3) is 0.796. The molecular weight excluding hydrogens is 745 g/mol. The normalized spacial score (nSPS) is 12.4. The molecule has 0 saturated carbocycles. The van der Waals surface area contributed by atoms with Crippen LogP contribution in [-0.4, -0.2) is 37.2 Å². The van der Waals surface area contributed by atoms with E-state index in [9.17, 15) is 14.4 Å². The molecule has 1 atom stereocenters. The van der Waals surface area contributed by atoms with E-state index in [0.29, 0.717) is 19.3 Å². The number of ether oxygens (including phenoxy) is 3. The van der Waals surface area contributed by atoms with Crippen LogP contribution in [0.25, 0.3) is 0 Å². The smallest absolute Gasteiger partial charge is 0.306 e. The molecule has 0 rings (SSSR count). The third-order valence-corrected chi connectivity index (χ3v) is 11.1. The number of carbonyl (C=O) groups is 3. The molecule has 60 heavy (non-hydrogen) atoms. The zero-order chi connectivity index (χ0) is 43.7. The van der Waals surface area contributed by atoms with Crippen molar-refractivity contribution in [2.75, 3.05) is 13.2 Å². The first-order chi connectivity index (χ1) is 29.5. The van der Waals surface area contributed by atoms with Crippen molar-refractivity contribution in [1.82, 2.24) is 0 Å². The summed E-state index contributed by atoms with van der Waals surface area (Å²) >= 11 is 0. The van der Waals surface area contributed by atoms with E-state index in [-0.39, 0.29) is 31.1 Å². The standard InChI is InChI=1S/C54H96O6/c1-4-7-10-13-16-19-22-24-26-27-28-30-32-35-38-41-44-47-53(56)59-50-51(49-58-52(55)46-43-40-37-34-31-21-18-15-12-9-6-3)60-54(57)48-45-42-39-36-33-29-25-23-20-17-14-11-8-5-2/h16,19,23-26,28,30,51H,4-15,17-18,20-22,27,29,31-50H2,1-3H3/b19-16-,25-23-,26-24-,30-28-/t51-/m1/s1. The van der Waals surface area contributed by atoms with Gasteiger partial charge in [0.25, 0.3) is 0 Å². The van der Waals surface area contributed by atoms with E-state index >= 15 is 0 Å². The quantitative estimate of drug-likeness (QED) is 0.0263. The molecule has 0 unspecified atom stereocenters. The van der Waals surface area contributed by atoms with Crippen molar-refractivity contribution >= 4 is 17.9 Å². The Kier molecular flexibility index (Phi) is 46.9. The van der Waals surface area contributed by atoms with Gasteiger partial charge in [0.05, 0.1) is 0 Å². The van der Waals surface area contributed by atoms with Crippen LogP contribution in [0.1, 0.15) is 258 Å². The van der Waals surface area contributed by atoms with Crippen molar-refractivity contribution < 1.29 is 28.6 Å². The Hall–Kier alpha value is -2.63. The van der Waals surface area contributed by atoms with Crippen LogP contribution < -0.4 is 0 Å². The molecule has 0 radical (unpaired) electrons. The molecule has 6 heteroatoms. The molecule has 0 aromatic carbocycles. The number of hydrogen-bond donors (Lipinski definition) is 0. The van der Waals surface area contributed by atoms with Crippen molar-refractivity contribution in [2.24, 2.45) is 0 Å². The Labute approximate surface area is 371 Å². The lowest BCUT2D eigenvalue weighted by Crippen LogP contribution is -2.30. The predicted octanol–water partition coefficient (Wildman–Crippen LogP) is 16.7. The molecule has 6 nitrogen and oxygen atoms in total. The van der Waals surface area contributed by atoms with Gasteiger partial charge in [0.1, 0.15) is 13.2 Å². The van der Waals surface area contributed by atoms with Gasteiger partial charge in [-0.2, -0.15) is 0 Å². The summed E-state index contributed by atoms with van der Waals surface area (Å²) in [6.45, 7) is 6.58. The molecule has 0 aromatic rings. The van der Waals surface area contributed by atoms with E-state index < -0.39 is 6.10 Å². The second-order valence-electron chi connectivity index (χ2n) is 17.1. The topological polar surface area (TPSA) is 78.9 Å². The highest BCUT2D eigenvalue weighted by Crippen LogP contribution is 2.14. The van der Waals surface area contributed by atoms with Gasteiger partial charge in [0, 0.05) is 19.3 Å².